The summed E-state index contributed by atoms with van der Waals surface area (Å²) in [5.74, 6) is -0.467. The highest BCUT2D eigenvalue weighted by atomic mass is 16.6. The Kier molecular flexibility index (Phi) is 5.47. The van der Waals surface area contributed by atoms with Crippen molar-refractivity contribution < 1.29 is 14.5 Å². The van der Waals surface area contributed by atoms with Crippen LogP contribution in [0.1, 0.15) is 19.4 Å². The van der Waals surface area contributed by atoms with Gasteiger partial charge in [-0.1, -0.05) is 0 Å². The van der Waals surface area contributed by atoms with E-state index in [-0.39, 0.29) is 24.5 Å². The van der Waals surface area contributed by atoms with Gasteiger partial charge in [0.15, 0.2) is 0 Å². The molecular weight excluding hydrogens is 262 g/mol. The topological polar surface area (TPSA) is 96.5 Å². The Labute approximate surface area is 116 Å². The molecule has 0 unspecified atom stereocenters. The molecule has 0 aliphatic heterocycles. The molecule has 7 heteroatoms. The maximum atomic E-state index is 11.5. The van der Waals surface area contributed by atoms with Crippen LogP contribution >= 0.6 is 0 Å². The fourth-order valence-corrected chi connectivity index (χ4v) is 1.73. The number of rotatable bonds is 6. The van der Waals surface area contributed by atoms with Gasteiger partial charge in [-0.15, -0.1) is 0 Å². The van der Waals surface area contributed by atoms with Crippen LogP contribution in [0.3, 0.4) is 0 Å². The molecular formula is C13H15N3O4. The number of carbonyl (C=O) groups excluding carboxylic acids is 1. The number of nitrogens with zero attached hydrogens (tertiary/aromatic N) is 3. The number of nitriles is 1. The number of carbonyl (C=O) groups is 1. The number of nitro benzene ring substituents is 1. The van der Waals surface area contributed by atoms with Crippen LogP contribution in [0.5, 0.6) is 0 Å². The molecule has 0 radical (unpaired) electrons. The number of benzene rings is 1. The van der Waals surface area contributed by atoms with Crippen molar-refractivity contribution in [2.75, 3.05) is 24.6 Å². The summed E-state index contributed by atoms with van der Waals surface area (Å²) < 4.78 is 4.84. The Morgan fingerprint density at radius 1 is 1.50 bits per heavy atom. The lowest BCUT2D eigenvalue weighted by Crippen LogP contribution is -2.31. The molecule has 1 rings (SSSR count). The summed E-state index contributed by atoms with van der Waals surface area (Å²) in [5.41, 5.74) is 0.396. The standard InChI is InChI=1S/C13H15N3O4/c1-3-15(9-13(17)20-4-2)12-7-10(8-14)5-6-11(12)16(18)19/h5-7H,3-4,9H2,1-2H3. The van der Waals surface area contributed by atoms with Gasteiger partial charge >= 0.3 is 5.97 Å². The predicted octanol–water partition coefficient (Wildman–Crippen LogP) is 1.86. The van der Waals surface area contributed by atoms with Gasteiger partial charge in [-0.25, -0.2) is 0 Å². The number of likely N-dealkylation sites (N-methyl/N-ethyl adjacent to an activating group) is 1. The quantitative estimate of drug-likeness (QED) is 0.447. The molecule has 0 N–H and O–H groups in total. The van der Waals surface area contributed by atoms with E-state index in [2.05, 4.69) is 0 Å². The second-order valence-electron chi connectivity index (χ2n) is 3.89. The normalized spacial score (nSPS) is 9.65. The van der Waals surface area contributed by atoms with Crippen LogP contribution in [-0.4, -0.2) is 30.6 Å². The smallest absolute Gasteiger partial charge is 0.325 e. The Balaban J connectivity index is 3.15. The molecule has 0 fully saturated rings. The van der Waals surface area contributed by atoms with E-state index in [1.54, 1.807) is 13.8 Å². The molecule has 7 nitrogen and oxygen atoms in total. The Morgan fingerprint density at radius 3 is 2.70 bits per heavy atom. The molecule has 0 bridgehead atoms. The zero-order chi connectivity index (χ0) is 15.1. The molecule has 0 aliphatic carbocycles. The van der Waals surface area contributed by atoms with E-state index in [0.29, 0.717) is 12.1 Å². The minimum absolute atomic E-state index is 0.0972. The maximum absolute atomic E-state index is 11.5. The molecule has 0 saturated heterocycles. The van der Waals surface area contributed by atoms with E-state index in [9.17, 15) is 14.9 Å². The Morgan fingerprint density at radius 2 is 2.20 bits per heavy atom. The highest BCUT2D eigenvalue weighted by molar-refractivity contribution is 5.78. The number of nitro groups is 1. The highest BCUT2D eigenvalue weighted by Gasteiger charge is 2.21. The lowest BCUT2D eigenvalue weighted by atomic mass is 10.1. The predicted molar refractivity (Wildman–Crippen MR) is 72.3 cm³/mol. The molecule has 0 aliphatic rings. The zero-order valence-corrected chi connectivity index (χ0v) is 11.3. The zero-order valence-electron chi connectivity index (χ0n) is 11.3. The van der Waals surface area contributed by atoms with Crippen molar-refractivity contribution in [1.29, 1.82) is 5.26 Å². The van der Waals surface area contributed by atoms with E-state index >= 15 is 0 Å². The van der Waals surface area contributed by atoms with Crippen molar-refractivity contribution in [1.82, 2.24) is 0 Å². The number of esters is 1. The van der Waals surface area contributed by atoms with Crippen molar-refractivity contribution in [3.05, 3.63) is 33.9 Å². The van der Waals surface area contributed by atoms with Crippen LogP contribution < -0.4 is 4.90 Å². The molecule has 0 spiro atoms. The number of anilines is 1. The van der Waals surface area contributed by atoms with Crippen molar-refractivity contribution in [3.8, 4) is 6.07 Å². The van der Waals surface area contributed by atoms with Crippen molar-refractivity contribution >= 4 is 17.3 Å². The van der Waals surface area contributed by atoms with Gasteiger partial charge < -0.3 is 9.64 Å². The van der Waals surface area contributed by atoms with Crippen LogP contribution in [0, 0.1) is 21.4 Å². The molecule has 0 amide bonds. The van der Waals surface area contributed by atoms with Crippen LogP contribution in [0.4, 0.5) is 11.4 Å². The van der Waals surface area contributed by atoms with Gasteiger partial charge in [0.2, 0.25) is 0 Å². The largest absolute Gasteiger partial charge is 0.465 e. The van der Waals surface area contributed by atoms with E-state index in [4.69, 9.17) is 10.00 Å². The number of ether oxygens (including phenoxy) is 1. The summed E-state index contributed by atoms with van der Waals surface area (Å²) in [7, 11) is 0. The summed E-state index contributed by atoms with van der Waals surface area (Å²) in [6, 6.07) is 5.97. The first kappa shape index (κ1) is 15.4. The van der Waals surface area contributed by atoms with Gasteiger partial charge in [-0.3, -0.25) is 14.9 Å². The molecule has 106 valence electrons. The molecule has 1 aromatic carbocycles. The Hall–Kier alpha value is -2.62. The summed E-state index contributed by atoms with van der Waals surface area (Å²) >= 11 is 0. The van der Waals surface area contributed by atoms with Gasteiger partial charge in [0.05, 0.1) is 23.2 Å². The van der Waals surface area contributed by atoms with Crippen molar-refractivity contribution in [2.24, 2.45) is 0 Å². The minimum Gasteiger partial charge on any atom is -0.465 e. The third-order valence-electron chi connectivity index (χ3n) is 2.65. The third-order valence-corrected chi connectivity index (χ3v) is 2.65. The summed E-state index contributed by atoms with van der Waals surface area (Å²) in [6.07, 6.45) is 0. The van der Waals surface area contributed by atoms with Gasteiger partial charge in [0.25, 0.3) is 5.69 Å². The third kappa shape index (κ3) is 3.68. The van der Waals surface area contributed by atoms with E-state index < -0.39 is 10.9 Å². The van der Waals surface area contributed by atoms with Gasteiger partial charge in [-0.05, 0) is 26.0 Å². The van der Waals surface area contributed by atoms with Crippen LogP contribution in [0.25, 0.3) is 0 Å². The fourth-order valence-electron chi connectivity index (χ4n) is 1.73. The second-order valence-corrected chi connectivity index (χ2v) is 3.89. The van der Waals surface area contributed by atoms with E-state index in [0.717, 1.165) is 0 Å². The van der Waals surface area contributed by atoms with E-state index in [1.165, 1.54) is 23.1 Å². The summed E-state index contributed by atoms with van der Waals surface area (Å²) in [5, 5.41) is 19.9. The molecule has 0 atom stereocenters. The molecule has 20 heavy (non-hydrogen) atoms. The lowest BCUT2D eigenvalue weighted by Gasteiger charge is -2.21. The first-order valence-corrected chi connectivity index (χ1v) is 6.12. The lowest BCUT2D eigenvalue weighted by molar-refractivity contribution is -0.384. The van der Waals surface area contributed by atoms with Crippen LogP contribution in [0.2, 0.25) is 0 Å². The first-order valence-electron chi connectivity index (χ1n) is 6.12. The van der Waals surface area contributed by atoms with Crippen LogP contribution in [-0.2, 0) is 9.53 Å². The maximum Gasteiger partial charge on any atom is 0.325 e. The van der Waals surface area contributed by atoms with Gasteiger partial charge in [0, 0.05) is 12.6 Å². The number of hydrogen-bond acceptors (Lipinski definition) is 6. The number of hydrogen-bond donors (Lipinski definition) is 0. The highest BCUT2D eigenvalue weighted by Crippen LogP contribution is 2.29. The summed E-state index contributed by atoms with van der Waals surface area (Å²) in [6.45, 7) is 3.99. The van der Waals surface area contributed by atoms with E-state index in [1.807, 2.05) is 6.07 Å². The SMILES string of the molecule is CCOC(=O)CN(CC)c1cc(C#N)ccc1[N+](=O)[O-]. The molecule has 0 heterocycles. The van der Waals surface area contributed by atoms with Crippen molar-refractivity contribution in [3.63, 3.8) is 0 Å². The van der Waals surface area contributed by atoms with Crippen LogP contribution in [0.15, 0.2) is 18.2 Å². The average molecular weight is 277 g/mol. The minimum atomic E-state index is -0.537. The molecule has 1 aromatic rings. The fraction of sp³-hybridized carbons (Fsp3) is 0.385. The van der Waals surface area contributed by atoms with Gasteiger partial charge in [0.1, 0.15) is 12.2 Å². The molecule has 0 saturated carbocycles. The monoisotopic (exact) mass is 277 g/mol. The molecule has 0 aromatic heterocycles. The Bertz CT molecular complexity index is 551. The average Bonchev–Trinajstić information content (AvgIpc) is 2.44. The second kappa shape index (κ2) is 7.09. The first-order chi connectivity index (χ1) is 9.53. The van der Waals surface area contributed by atoms with Crippen molar-refractivity contribution in [2.45, 2.75) is 13.8 Å². The summed E-state index contributed by atoms with van der Waals surface area (Å²) in [4.78, 5) is 23.5. The van der Waals surface area contributed by atoms with Gasteiger partial charge in [-0.2, -0.15) is 5.26 Å².